The molecule has 0 aliphatic carbocycles. The number of rotatable bonds is 16. The van der Waals surface area contributed by atoms with Gasteiger partial charge < -0.3 is 15.0 Å². The lowest BCUT2D eigenvalue weighted by Gasteiger charge is -2.34. The lowest BCUT2D eigenvalue weighted by atomic mass is 10.0. The van der Waals surface area contributed by atoms with E-state index in [1.165, 1.54) is 17.0 Å². The average Bonchev–Trinajstić information content (AvgIpc) is 3.07. The molecular weight excluding hydrogens is 586 g/mol. The van der Waals surface area contributed by atoms with E-state index in [1.807, 2.05) is 74.5 Å². The van der Waals surface area contributed by atoms with E-state index in [0.717, 1.165) is 28.3 Å². The number of sulfonamides is 1. The smallest absolute Gasteiger partial charge is 0.264 e. The van der Waals surface area contributed by atoms with Crippen molar-refractivity contribution in [2.24, 2.45) is 0 Å². The van der Waals surface area contributed by atoms with Crippen LogP contribution in [0.4, 0.5) is 5.69 Å². The third-order valence-corrected chi connectivity index (χ3v) is 9.13. The Bertz CT molecular complexity index is 1600. The van der Waals surface area contributed by atoms with Gasteiger partial charge >= 0.3 is 0 Å². The molecule has 0 heterocycles. The summed E-state index contributed by atoms with van der Waals surface area (Å²) in [7, 11) is -4.18. The molecule has 0 radical (unpaired) electrons. The minimum atomic E-state index is -4.18. The van der Waals surface area contributed by atoms with Crippen molar-refractivity contribution in [3.63, 3.8) is 0 Å². The maximum atomic E-state index is 14.4. The van der Waals surface area contributed by atoms with Crippen LogP contribution in [0.5, 0.6) is 5.75 Å². The number of nitrogens with one attached hydrogen (secondary N) is 1. The number of hydrogen-bond acceptors (Lipinski definition) is 5. The van der Waals surface area contributed by atoms with E-state index in [1.54, 1.807) is 42.5 Å². The number of carbonyl (C=O) groups excluding carboxylic acids is 2. The highest BCUT2D eigenvalue weighted by atomic mass is 32.2. The van der Waals surface area contributed by atoms with Crippen molar-refractivity contribution < 1.29 is 22.7 Å². The van der Waals surface area contributed by atoms with Gasteiger partial charge in [0.05, 0.1) is 17.2 Å². The van der Waals surface area contributed by atoms with Gasteiger partial charge in [-0.15, -0.1) is 0 Å². The van der Waals surface area contributed by atoms with Crippen LogP contribution < -0.4 is 14.4 Å². The number of benzene rings is 4. The largest absolute Gasteiger partial charge is 0.494 e. The van der Waals surface area contributed by atoms with Crippen LogP contribution >= 0.6 is 0 Å². The highest BCUT2D eigenvalue weighted by Gasteiger charge is 2.34. The molecule has 0 fully saturated rings. The van der Waals surface area contributed by atoms with Crippen molar-refractivity contribution >= 4 is 27.5 Å². The number of hydrogen-bond donors (Lipinski definition) is 1. The van der Waals surface area contributed by atoms with E-state index in [0.29, 0.717) is 24.6 Å². The SMILES string of the molecule is CCCCNC(=O)[C@H](Cc1ccccc1)N(Cc1ccccc1)C(=O)CN(c1ccccc1)S(=O)(=O)c1ccc(OCC)cc1. The van der Waals surface area contributed by atoms with Gasteiger partial charge in [-0.2, -0.15) is 0 Å². The molecule has 0 aliphatic rings. The molecule has 4 aromatic carbocycles. The van der Waals surface area contributed by atoms with Crippen LogP contribution in [-0.4, -0.2) is 50.9 Å². The van der Waals surface area contributed by atoms with Gasteiger partial charge in [-0.1, -0.05) is 92.2 Å². The number of unbranched alkanes of at least 4 members (excludes halogenated alkanes) is 1. The lowest BCUT2D eigenvalue weighted by molar-refractivity contribution is -0.140. The van der Waals surface area contributed by atoms with Crippen molar-refractivity contribution in [2.45, 2.75) is 50.6 Å². The Balaban J connectivity index is 1.74. The van der Waals surface area contributed by atoms with E-state index in [9.17, 15) is 18.0 Å². The fourth-order valence-electron chi connectivity index (χ4n) is 4.96. The Morgan fingerprint density at radius 3 is 1.93 bits per heavy atom. The summed E-state index contributed by atoms with van der Waals surface area (Å²) in [6.07, 6.45) is 1.98. The fraction of sp³-hybridized carbons (Fsp3) is 0.278. The Morgan fingerprint density at radius 1 is 0.778 bits per heavy atom. The summed E-state index contributed by atoms with van der Waals surface area (Å²) in [6.45, 7) is 4.45. The molecule has 0 aliphatic heterocycles. The number of ether oxygens (including phenoxy) is 1. The molecule has 0 spiro atoms. The van der Waals surface area contributed by atoms with E-state index < -0.39 is 28.5 Å². The second-order valence-electron chi connectivity index (χ2n) is 10.6. The summed E-state index contributed by atoms with van der Waals surface area (Å²) in [5.41, 5.74) is 2.05. The minimum Gasteiger partial charge on any atom is -0.494 e. The minimum absolute atomic E-state index is 0.0235. The van der Waals surface area contributed by atoms with Gasteiger partial charge in [0.1, 0.15) is 18.3 Å². The zero-order valence-corrected chi connectivity index (χ0v) is 26.7. The molecule has 0 unspecified atom stereocenters. The Morgan fingerprint density at radius 2 is 1.36 bits per heavy atom. The standard InChI is InChI=1S/C36H41N3O5S/c1-3-5-25-37-36(41)34(26-29-15-9-6-10-16-29)38(27-30-17-11-7-12-18-30)35(40)28-39(31-19-13-8-14-20-31)45(42,43)33-23-21-32(22-24-33)44-4-2/h6-24,34H,3-5,25-28H2,1-2H3,(H,37,41)/t34-/m0/s1. The molecule has 45 heavy (non-hydrogen) atoms. The molecule has 1 N–H and O–H groups in total. The summed E-state index contributed by atoms with van der Waals surface area (Å²) >= 11 is 0. The number of carbonyl (C=O) groups is 2. The van der Waals surface area contributed by atoms with Crippen LogP contribution in [0.3, 0.4) is 0 Å². The first-order valence-electron chi connectivity index (χ1n) is 15.3. The molecule has 0 saturated heterocycles. The van der Waals surface area contributed by atoms with Gasteiger partial charge in [-0.3, -0.25) is 13.9 Å². The number of amides is 2. The van der Waals surface area contributed by atoms with Crippen molar-refractivity contribution in [1.29, 1.82) is 0 Å². The average molecular weight is 628 g/mol. The predicted octanol–water partition coefficient (Wildman–Crippen LogP) is 5.84. The van der Waals surface area contributed by atoms with Crippen LogP contribution in [0, 0.1) is 0 Å². The quantitative estimate of drug-likeness (QED) is 0.158. The third kappa shape index (κ3) is 9.18. The van der Waals surface area contributed by atoms with E-state index in [4.69, 9.17) is 4.74 Å². The van der Waals surface area contributed by atoms with Gasteiger partial charge in [0.15, 0.2) is 0 Å². The van der Waals surface area contributed by atoms with E-state index in [2.05, 4.69) is 5.32 Å². The molecule has 236 valence electrons. The van der Waals surface area contributed by atoms with Gasteiger partial charge in [-0.05, 0) is 60.9 Å². The molecule has 4 rings (SSSR count). The maximum absolute atomic E-state index is 14.4. The normalized spacial score (nSPS) is 11.8. The van der Waals surface area contributed by atoms with Crippen molar-refractivity contribution in [1.82, 2.24) is 10.2 Å². The van der Waals surface area contributed by atoms with Crippen LogP contribution in [0.1, 0.15) is 37.8 Å². The number of nitrogens with zero attached hydrogens (tertiary/aromatic N) is 2. The second kappa shape index (κ2) is 16.4. The van der Waals surface area contributed by atoms with Crippen LogP contribution in [-0.2, 0) is 32.6 Å². The zero-order chi connectivity index (χ0) is 32.1. The highest BCUT2D eigenvalue weighted by Crippen LogP contribution is 2.26. The van der Waals surface area contributed by atoms with Crippen molar-refractivity contribution in [3.05, 3.63) is 126 Å². The van der Waals surface area contributed by atoms with Crippen LogP contribution in [0.15, 0.2) is 120 Å². The lowest BCUT2D eigenvalue weighted by Crippen LogP contribution is -2.53. The fourth-order valence-corrected chi connectivity index (χ4v) is 6.38. The van der Waals surface area contributed by atoms with Gasteiger partial charge in [0, 0.05) is 19.5 Å². The summed E-state index contributed by atoms with van der Waals surface area (Å²) in [5.74, 6) is -0.230. The molecule has 8 nitrogen and oxygen atoms in total. The molecule has 4 aromatic rings. The van der Waals surface area contributed by atoms with E-state index in [-0.39, 0.29) is 23.8 Å². The first-order valence-corrected chi connectivity index (χ1v) is 16.7. The van der Waals surface area contributed by atoms with E-state index >= 15 is 0 Å². The van der Waals surface area contributed by atoms with Gasteiger partial charge in [0.25, 0.3) is 10.0 Å². The van der Waals surface area contributed by atoms with Crippen molar-refractivity contribution in [2.75, 3.05) is 24.0 Å². The van der Waals surface area contributed by atoms with Crippen LogP contribution in [0.2, 0.25) is 0 Å². The molecule has 0 saturated carbocycles. The summed E-state index contributed by atoms with van der Waals surface area (Å²) in [5, 5.41) is 3.01. The molecule has 0 bridgehead atoms. The molecule has 1 atom stereocenters. The van der Waals surface area contributed by atoms with Crippen molar-refractivity contribution in [3.8, 4) is 5.75 Å². The van der Waals surface area contributed by atoms with Gasteiger partial charge in [-0.25, -0.2) is 8.42 Å². The monoisotopic (exact) mass is 627 g/mol. The van der Waals surface area contributed by atoms with Gasteiger partial charge in [0.2, 0.25) is 11.8 Å². The first kappa shape index (κ1) is 33.3. The molecule has 0 aromatic heterocycles. The van der Waals surface area contributed by atoms with Crippen LogP contribution in [0.25, 0.3) is 0 Å². The molecule has 2 amide bonds. The molecule has 9 heteroatoms. The number of anilines is 1. The topological polar surface area (TPSA) is 96.0 Å². The zero-order valence-electron chi connectivity index (χ0n) is 25.8. The first-order chi connectivity index (χ1) is 21.8. The maximum Gasteiger partial charge on any atom is 0.264 e. The molecular formula is C36H41N3O5S. The summed E-state index contributed by atoms with van der Waals surface area (Å²) in [6, 6.07) is 32.7. The number of para-hydroxylation sites is 1. The second-order valence-corrected chi connectivity index (χ2v) is 12.5. The summed E-state index contributed by atoms with van der Waals surface area (Å²) in [4.78, 5) is 29.7. The Labute approximate surface area is 266 Å². The Hall–Kier alpha value is -4.63. The predicted molar refractivity (Wildman–Crippen MR) is 177 cm³/mol. The Kier molecular flexibility index (Phi) is 12.2. The third-order valence-electron chi connectivity index (χ3n) is 7.34. The summed E-state index contributed by atoms with van der Waals surface area (Å²) < 4.78 is 34.9. The highest BCUT2D eigenvalue weighted by molar-refractivity contribution is 7.92.